The Hall–Kier alpha value is -0.800. The van der Waals surface area contributed by atoms with Crippen LogP contribution in [-0.4, -0.2) is 95.4 Å². The van der Waals surface area contributed by atoms with Crippen LogP contribution in [0.5, 0.6) is 0 Å². The Morgan fingerprint density at radius 3 is 1.79 bits per heavy atom. The molecule has 0 bridgehead atoms. The molecule has 2 atom stereocenters. The molecule has 0 spiro atoms. The Bertz CT molecular complexity index is 637. The Labute approximate surface area is 231 Å². The summed E-state index contributed by atoms with van der Waals surface area (Å²) in [5.41, 5.74) is 0.0305. The fraction of sp³-hybridized carbons (Fsp3) is 0.750. The summed E-state index contributed by atoms with van der Waals surface area (Å²) in [5.74, 6) is -0.295. The van der Waals surface area contributed by atoms with Crippen LogP contribution in [0.15, 0.2) is 0 Å². The molecule has 5 N–H and O–H groups in total. The lowest BCUT2D eigenvalue weighted by molar-refractivity contribution is -0.121. The Balaban J connectivity index is 4.19. The molecule has 0 aromatic rings. The summed E-state index contributed by atoms with van der Waals surface area (Å²) in [6.07, 6.45) is 3.12. The first-order valence-electron chi connectivity index (χ1n) is 11.2. The van der Waals surface area contributed by atoms with Gasteiger partial charge in [0.15, 0.2) is 5.52 Å². The summed E-state index contributed by atoms with van der Waals surface area (Å²) in [7, 11) is 3.93. The average Bonchev–Trinajstić information content (AvgIpc) is 2.82. The van der Waals surface area contributed by atoms with Crippen LogP contribution in [0.2, 0.25) is 0 Å². The number of hydrogen-bond acceptors (Lipinski definition) is 6. The molecule has 196 valence electrons. The van der Waals surface area contributed by atoms with Crippen molar-refractivity contribution in [1.29, 1.82) is 0 Å². The number of amides is 5. The highest BCUT2D eigenvalue weighted by Crippen LogP contribution is 2.05. The van der Waals surface area contributed by atoms with Crippen molar-refractivity contribution in [3.05, 3.63) is 0 Å². The fourth-order valence-corrected chi connectivity index (χ4v) is 3.72. The molecule has 0 fully saturated rings. The normalized spacial score (nSPS) is 11.3. The molecule has 1 unspecified atom stereocenters. The number of alkyl halides is 2. The number of halogens is 2. The molecule has 11 nitrogen and oxygen atoms in total. The van der Waals surface area contributed by atoms with Crippen molar-refractivity contribution in [1.82, 2.24) is 31.5 Å². The van der Waals surface area contributed by atoms with Crippen LogP contribution in [0.1, 0.15) is 32.1 Å². The van der Waals surface area contributed by atoms with Crippen LogP contribution in [0.4, 0.5) is 4.79 Å². The highest BCUT2D eigenvalue weighted by atomic mass is 127. The van der Waals surface area contributed by atoms with E-state index in [9.17, 15) is 24.0 Å². The molecule has 0 radical (unpaired) electrons. The standard InChI is InChI=1S/C20H37I2N6O5P/c1-23-15(19(32)34)5-2-3-7-24-16(29)6-4-8-27-20(33)28(11-9-25-17(30)13-21)12-10-26-18(31)14-22/h15,23H,2-14,34H2,1H3,(H,24,29)(H,25,30)(H,26,31)(H,27,33)/t15-/m0/s1. The van der Waals surface area contributed by atoms with Crippen LogP contribution in [0.3, 0.4) is 0 Å². The van der Waals surface area contributed by atoms with E-state index in [2.05, 4.69) is 35.8 Å². The lowest BCUT2D eigenvalue weighted by Crippen LogP contribution is -2.47. The Morgan fingerprint density at radius 1 is 0.765 bits per heavy atom. The molecule has 0 aromatic heterocycles. The first-order valence-corrected chi connectivity index (χ1v) is 14.8. The van der Waals surface area contributed by atoms with E-state index in [1.165, 1.54) is 4.90 Å². The van der Waals surface area contributed by atoms with Crippen molar-refractivity contribution in [2.45, 2.75) is 38.1 Å². The van der Waals surface area contributed by atoms with E-state index >= 15 is 0 Å². The van der Waals surface area contributed by atoms with Crippen LogP contribution in [0, 0.1) is 0 Å². The summed E-state index contributed by atoms with van der Waals surface area (Å²) in [4.78, 5) is 60.2. The molecular weight excluding hydrogens is 689 g/mol. The number of rotatable bonds is 19. The molecule has 0 aromatic carbocycles. The lowest BCUT2D eigenvalue weighted by Gasteiger charge is -2.23. The molecule has 0 saturated carbocycles. The quantitative estimate of drug-likeness (QED) is 0.0555. The van der Waals surface area contributed by atoms with Gasteiger partial charge in [-0.15, -0.1) is 0 Å². The van der Waals surface area contributed by atoms with Crippen LogP contribution >= 0.6 is 54.4 Å². The van der Waals surface area contributed by atoms with Crippen LogP contribution in [0.25, 0.3) is 0 Å². The third-order valence-corrected chi connectivity index (χ3v) is 6.52. The van der Waals surface area contributed by atoms with Crippen LogP contribution in [-0.2, 0) is 19.2 Å². The van der Waals surface area contributed by atoms with E-state index in [4.69, 9.17) is 0 Å². The molecule has 34 heavy (non-hydrogen) atoms. The highest BCUT2D eigenvalue weighted by molar-refractivity contribution is 14.1. The van der Waals surface area contributed by atoms with Gasteiger partial charge in [-0.3, -0.25) is 19.2 Å². The largest absolute Gasteiger partial charge is 0.356 e. The monoisotopic (exact) mass is 726 g/mol. The molecule has 0 aliphatic rings. The van der Waals surface area contributed by atoms with Gasteiger partial charge in [0.2, 0.25) is 17.7 Å². The predicted octanol–water partition coefficient (Wildman–Crippen LogP) is 0.157. The zero-order valence-electron chi connectivity index (χ0n) is 19.6. The summed E-state index contributed by atoms with van der Waals surface area (Å²) >= 11 is 3.93. The van der Waals surface area contributed by atoms with E-state index in [-0.39, 0.29) is 35.3 Å². The van der Waals surface area contributed by atoms with E-state index in [0.29, 0.717) is 61.0 Å². The number of nitrogens with zero attached hydrogens (tertiary/aromatic N) is 1. The number of unbranched alkanes of at least 4 members (excludes halogenated alkanes) is 1. The second kappa shape index (κ2) is 21.5. The van der Waals surface area contributed by atoms with Crippen molar-refractivity contribution in [2.75, 3.05) is 55.2 Å². The molecule has 0 aliphatic carbocycles. The van der Waals surface area contributed by atoms with Gasteiger partial charge in [-0.1, -0.05) is 54.4 Å². The molecule has 0 rings (SSSR count). The Morgan fingerprint density at radius 2 is 1.29 bits per heavy atom. The predicted molar refractivity (Wildman–Crippen MR) is 152 cm³/mol. The zero-order chi connectivity index (χ0) is 25.8. The van der Waals surface area contributed by atoms with Crippen molar-refractivity contribution in [3.8, 4) is 0 Å². The number of carbonyl (C=O) groups excluding carboxylic acids is 5. The van der Waals surface area contributed by atoms with Crippen molar-refractivity contribution >= 4 is 83.7 Å². The summed E-state index contributed by atoms with van der Waals surface area (Å²) in [5, 5.41) is 14.0. The third kappa shape index (κ3) is 17.6. The van der Waals surface area contributed by atoms with Crippen molar-refractivity contribution in [3.63, 3.8) is 0 Å². The van der Waals surface area contributed by atoms with Gasteiger partial charge < -0.3 is 31.5 Å². The summed E-state index contributed by atoms with van der Waals surface area (Å²) in [6.45, 7) is 2.14. The first-order chi connectivity index (χ1) is 16.2. The minimum Gasteiger partial charge on any atom is -0.356 e. The third-order valence-electron chi connectivity index (χ3n) is 4.73. The number of carbonyl (C=O) groups is 5. The fourth-order valence-electron chi connectivity index (χ4n) is 2.84. The van der Waals surface area contributed by atoms with Gasteiger partial charge in [0.1, 0.15) is 0 Å². The molecular formula is C20H37I2N6O5P. The van der Waals surface area contributed by atoms with Gasteiger partial charge >= 0.3 is 6.03 Å². The van der Waals surface area contributed by atoms with Crippen molar-refractivity contribution < 1.29 is 24.0 Å². The van der Waals surface area contributed by atoms with E-state index in [0.717, 1.165) is 19.3 Å². The van der Waals surface area contributed by atoms with Gasteiger partial charge in [0.25, 0.3) is 0 Å². The van der Waals surface area contributed by atoms with Gasteiger partial charge in [0.05, 0.1) is 14.9 Å². The Kier molecular flexibility index (Phi) is 21.0. The maximum absolute atomic E-state index is 12.5. The van der Waals surface area contributed by atoms with Crippen molar-refractivity contribution in [2.24, 2.45) is 0 Å². The van der Waals surface area contributed by atoms with E-state index < -0.39 is 0 Å². The lowest BCUT2D eigenvalue weighted by atomic mass is 10.1. The van der Waals surface area contributed by atoms with Gasteiger partial charge in [-0.25, -0.2) is 4.79 Å². The number of likely N-dealkylation sites (N-methyl/N-ethyl adjacent to an activating group) is 1. The molecule has 5 amide bonds. The summed E-state index contributed by atoms with van der Waals surface area (Å²) < 4.78 is 0.678. The van der Waals surface area contributed by atoms with Gasteiger partial charge in [-0.2, -0.15) is 0 Å². The molecule has 0 heterocycles. The topological polar surface area (TPSA) is 149 Å². The van der Waals surface area contributed by atoms with Gasteiger partial charge in [0, 0.05) is 45.7 Å². The first kappa shape index (κ1) is 33.2. The smallest absolute Gasteiger partial charge is 0.317 e. The van der Waals surface area contributed by atoms with E-state index in [1.807, 2.05) is 45.2 Å². The second-order valence-corrected chi connectivity index (χ2v) is 9.47. The SMILES string of the molecule is CN[C@@H](CCCCNC(=O)CCCNC(=O)N(CCNC(=O)CI)CCNC(=O)CI)C(=O)P. The van der Waals surface area contributed by atoms with E-state index in [1.54, 1.807) is 7.05 Å². The minimum atomic E-state index is -0.310. The maximum atomic E-state index is 12.5. The highest BCUT2D eigenvalue weighted by Gasteiger charge is 2.14. The molecule has 0 aliphatic heterocycles. The average molecular weight is 726 g/mol. The maximum Gasteiger partial charge on any atom is 0.317 e. The number of urea groups is 1. The second-order valence-electron chi connectivity index (χ2n) is 7.38. The molecule has 0 saturated heterocycles. The number of nitrogens with one attached hydrogen (secondary N) is 5. The number of hydrogen-bond donors (Lipinski definition) is 5. The summed E-state index contributed by atoms with van der Waals surface area (Å²) in [6, 6.07) is -0.482. The minimum absolute atomic E-state index is 0.0305. The zero-order valence-corrected chi connectivity index (χ0v) is 25.1. The molecule has 14 heteroatoms. The van der Waals surface area contributed by atoms with Gasteiger partial charge in [-0.05, 0) is 32.7 Å². The van der Waals surface area contributed by atoms with Crippen LogP contribution < -0.4 is 26.6 Å².